The van der Waals surface area contributed by atoms with Gasteiger partial charge in [0.1, 0.15) is 25.4 Å². The quantitative estimate of drug-likeness (QED) is 0.111. The summed E-state index contributed by atoms with van der Waals surface area (Å²) < 4.78 is 9.66. The number of esters is 2. The number of hydrogen-bond acceptors (Lipinski definition) is 6. The second-order valence-corrected chi connectivity index (χ2v) is 9.76. The van der Waals surface area contributed by atoms with Crippen molar-refractivity contribution in [2.24, 2.45) is 0 Å². The Bertz CT molecular complexity index is 466. The standard InChI is InChI=1S/C28H54O6/c1-3-4-5-6-7-8-9-10-11-12-13-14-15-16-17-18-19-20-21-22-27(31)33-23-26(30)24-34-28(32)25(2)29/h25-26,29-30H,3-24H2,1-2H3. The van der Waals surface area contributed by atoms with Crippen molar-refractivity contribution in [2.45, 2.75) is 154 Å². The molecule has 0 amide bonds. The Hall–Kier alpha value is -1.14. The fraction of sp³-hybridized carbons (Fsp3) is 0.929. The van der Waals surface area contributed by atoms with Gasteiger partial charge in [0.15, 0.2) is 0 Å². The van der Waals surface area contributed by atoms with Crippen LogP contribution in [0.25, 0.3) is 0 Å². The Balaban J connectivity index is 3.27. The van der Waals surface area contributed by atoms with E-state index in [1.54, 1.807) is 0 Å². The van der Waals surface area contributed by atoms with E-state index in [0.29, 0.717) is 6.42 Å². The molecule has 2 unspecified atom stereocenters. The molecule has 0 spiro atoms. The molecule has 6 nitrogen and oxygen atoms in total. The van der Waals surface area contributed by atoms with Crippen molar-refractivity contribution in [2.75, 3.05) is 13.2 Å². The summed E-state index contributed by atoms with van der Waals surface area (Å²) in [5.74, 6) is -1.15. The van der Waals surface area contributed by atoms with E-state index in [1.165, 1.54) is 110 Å². The molecule has 0 rings (SSSR count). The van der Waals surface area contributed by atoms with Gasteiger partial charge in [0.2, 0.25) is 0 Å². The van der Waals surface area contributed by atoms with Crippen LogP contribution in [0.15, 0.2) is 0 Å². The van der Waals surface area contributed by atoms with Gasteiger partial charge in [-0.2, -0.15) is 0 Å². The first kappa shape index (κ1) is 32.9. The van der Waals surface area contributed by atoms with Crippen LogP contribution in [0, 0.1) is 0 Å². The maximum Gasteiger partial charge on any atom is 0.334 e. The molecule has 0 aromatic rings. The zero-order chi connectivity index (χ0) is 25.3. The van der Waals surface area contributed by atoms with Crippen LogP contribution in [0.4, 0.5) is 0 Å². The molecular weight excluding hydrogens is 432 g/mol. The van der Waals surface area contributed by atoms with Crippen molar-refractivity contribution in [1.29, 1.82) is 0 Å². The molecule has 6 heteroatoms. The van der Waals surface area contributed by atoms with Crippen LogP contribution in [-0.4, -0.2) is 47.6 Å². The molecule has 0 aliphatic rings. The third-order valence-electron chi connectivity index (χ3n) is 6.18. The molecular formula is C28H54O6. The van der Waals surface area contributed by atoms with Crippen LogP contribution < -0.4 is 0 Å². The van der Waals surface area contributed by atoms with E-state index in [4.69, 9.17) is 9.84 Å². The summed E-state index contributed by atoms with van der Waals surface area (Å²) >= 11 is 0. The minimum atomic E-state index is -1.23. The third-order valence-corrected chi connectivity index (χ3v) is 6.18. The predicted octanol–water partition coefficient (Wildman–Crippen LogP) is 6.64. The van der Waals surface area contributed by atoms with Crippen molar-refractivity contribution < 1.29 is 29.3 Å². The Morgan fingerprint density at radius 2 is 0.941 bits per heavy atom. The molecule has 0 radical (unpaired) electrons. The monoisotopic (exact) mass is 486 g/mol. The number of unbranched alkanes of at least 4 members (excludes halogenated alkanes) is 18. The maximum absolute atomic E-state index is 11.7. The van der Waals surface area contributed by atoms with Gasteiger partial charge in [-0.25, -0.2) is 4.79 Å². The summed E-state index contributed by atoms with van der Waals surface area (Å²) in [6, 6.07) is 0. The van der Waals surface area contributed by atoms with Crippen molar-refractivity contribution >= 4 is 11.9 Å². The minimum Gasteiger partial charge on any atom is -0.463 e. The molecule has 202 valence electrons. The van der Waals surface area contributed by atoms with Crippen LogP contribution in [0.2, 0.25) is 0 Å². The SMILES string of the molecule is CCCCCCCCCCCCCCCCCCCCCC(=O)OCC(O)COC(=O)C(C)O. The number of aliphatic hydroxyl groups excluding tert-OH is 2. The van der Waals surface area contributed by atoms with Gasteiger partial charge in [-0.05, 0) is 13.3 Å². The van der Waals surface area contributed by atoms with E-state index in [1.807, 2.05) is 0 Å². The smallest absolute Gasteiger partial charge is 0.334 e. The van der Waals surface area contributed by atoms with Crippen LogP contribution in [0.5, 0.6) is 0 Å². The molecule has 0 heterocycles. The molecule has 0 aromatic heterocycles. The summed E-state index contributed by atoms with van der Waals surface area (Å²) in [4.78, 5) is 22.8. The Labute approximate surface area is 209 Å². The van der Waals surface area contributed by atoms with Gasteiger partial charge in [-0.1, -0.05) is 122 Å². The van der Waals surface area contributed by atoms with Crippen molar-refractivity contribution in [3.63, 3.8) is 0 Å². The van der Waals surface area contributed by atoms with Crippen molar-refractivity contribution in [3.05, 3.63) is 0 Å². The first-order valence-corrected chi connectivity index (χ1v) is 14.2. The highest BCUT2D eigenvalue weighted by atomic mass is 16.6. The summed E-state index contributed by atoms with van der Waals surface area (Å²) in [7, 11) is 0. The third kappa shape index (κ3) is 24.0. The lowest BCUT2D eigenvalue weighted by molar-refractivity contribution is -0.158. The number of carbonyl (C=O) groups is 2. The molecule has 34 heavy (non-hydrogen) atoms. The molecule has 0 saturated heterocycles. The number of rotatable bonds is 25. The summed E-state index contributed by atoms with van der Waals surface area (Å²) in [6.07, 6.45) is 23.0. The molecule has 0 bridgehead atoms. The number of ether oxygens (including phenoxy) is 2. The highest BCUT2D eigenvalue weighted by molar-refractivity contribution is 5.73. The zero-order valence-electron chi connectivity index (χ0n) is 22.2. The maximum atomic E-state index is 11.7. The highest BCUT2D eigenvalue weighted by Gasteiger charge is 2.14. The Morgan fingerprint density at radius 3 is 1.32 bits per heavy atom. The van der Waals surface area contributed by atoms with E-state index in [0.717, 1.165) is 19.3 Å². The topological polar surface area (TPSA) is 93.1 Å². The molecule has 0 fully saturated rings. The van der Waals surface area contributed by atoms with E-state index >= 15 is 0 Å². The number of carbonyl (C=O) groups excluding carboxylic acids is 2. The lowest BCUT2D eigenvalue weighted by atomic mass is 10.0. The Kier molecular flexibility index (Phi) is 24.1. The Morgan fingerprint density at radius 1 is 0.588 bits per heavy atom. The number of hydrogen-bond donors (Lipinski definition) is 2. The van der Waals surface area contributed by atoms with Crippen LogP contribution >= 0.6 is 0 Å². The first-order chi connectivity index (χ1) is 16.5. The number of aliphatic hydroxyl groups is 2. The summed E-state index contributed by atoms with van der Waals surface area (Å²) in [6.45, 7) is 3.06. The second-order valence-electron chi connectivity index (χ2n) is 9.76. The molecule has 0 aromatic carbocycles. The molecule has 0 saturated carbocycles. The van der Waals surface area contributed by atoms with Gasteiger partial charge in [-0.15, -0.1) is 0 Å². The second kappa shape index (κ2) is 25.0. The van der Waals surface area contributed by atoms with Gasteiger partial charge < -0.3 is 19.7 Å². The minimum absolute atomic E-state index is 0.203. The molecule has 2 N–H and O–H groups in total. The zero-order valence-corrected chi connectivity index (χ0v) is 22.2. The largest absolute Gasteiger partial charge is 0.463 e. The molecule has 2 atom stereocenters. The summed E-state index contributed by atoms with van der Waals surface area (Å²) in [5.41, 5.74) is 0. The predicted molar refractivity (Wildman–Crippen MR) is 138 cm³/mol. The molecule has 0 aliphatic carbocycles. The van der Waals surface area contributed by atoms with Crippen molar-refractivity contribution in [3.8, 4) is 0 Å². The van der Waals surface area contributed by atoms with Crippen LogP contribution in [0.3, 0.4) is 0 Å². The van der Waals surface area contributed by atoms with Crippen molar-refractivity contribution in [1.82, 2.24) is 0 Å². The molecule has 0 aliphatic heterocycles. The van der Waals surface area contributed by atoms with Gasteiger partial charge >= 0.3 is 11.9 Å². The first-order valence-electron chi connectivity index (χ1n) is 14.2. The fourth-order valence-corrected chi connectivity index (χ4v) is 3.96. The average molecular weight is 487 g/mol. The average Bonchev–Trinajstić information content (AvgIpc) is 2.82. The van der Waals surface area contributed by atoms with Crippen LogP contribution in [-0.2, 0) is 19.1 Å². The van der Waals surface area contributed by atoms with E-state index in [2.05, 4.69) is 11.7 Å². The van der Waals surface area contributed by atoms with Gasteiger partial charge in [0, 0.05) is 6.42 Å². The lowest BCUT2D eigenvalue weighted by Crippen LogP contribution is -2.28. The van der Waals surface area contributed by atoms with Gasteiger partial charge in [0.25, 0.3) is 0 Å². The normalized spacial score (nSPS) is 12.9. The summed E-state index contributed by atoms with van der Waals surface area (Å²) in [5, 5.41) is 18.6. The van der Waals surface area contributed by atoms with Crippen LogP contribution in [0.1, 0.15) is 142 Å². The fourth-order valence-electron chi connectivity index (χ4n) is 3.96. The van der Waals surface area contributed by atoms with E-state index in [9.17, 15) is 14.7 Å². The highest BCUT2D eigenvalue weighted by Crippen LogP contribution is 2.15. The van der Waals surface area contributed by atoms with Gasteiger partial charge in [0.05, 0.1) is 0 Å². The lowest BCUT2D eigenvalue weighted by Gasteiger charge is -2.12. The van der Waals surface area contributed by atoms with E-state index < -0.39 is 18.2 Å². The van der Waals surface area contributed by atoms with E-state index in [-0.39, 0.29) is 19.2 Å². The van der Waals surface area contributed by atoms with Gasteiger partial charge in [-0.3, -0.25) is 4.79 Å².